The second-order valence-electron chi connectivity index (χ2n) is 3.62. The Morgan fingerprint density at radius 3 is 2.68 bits per heavy atom. The average molecular weight is 294 g/mol. The first-order valence-corrected chi connectivity index (χ1v) is 5.26. The van der Waals surface area contributed by atoms with E-state index < -0.39 is 29.1 Å². The molecule has 2 heterocycles. The highest BCUT2D eigenvalue weighted by atomic mass is 35.5. The third-order valence-electron chi connectivity index (χ3n) is 2.37. The first-order valence-electron chi connectivity index (χ1n) is 4.88. The SMILES string of the molecule is COC(=O)c1nc2c(C(F)(F)F)cc(N)cn2c1Cl. The number of rotatable bonds is 1. The Morgan fingerprint density at radius 1 is 1.53 bits per heavy atom. The topological polar surface area (TPSA) is 69.6 Å². The first-order chi connectivity index (χ1) is 8.75. The van der Waals surface area contributed by atoms with E-state index in [4.69, 9.17) is 17.3 Å². The maximum atomic E-state index is 12.9. The zero-order valence-electron chi connectivity index (χ0n) is 9.45. The van der Waals surface area contributed by atoms with Crippen LogP contribution in [0.15, 0.2) is 12.3 Å². The van der Waals surface area contributed by atoms with Gasteiger partial charge in [0.25, 0.3) is 0 Å². The lowest BCUT2D eigenvalue weighted by Crippen LogP contribution is -2.09. The van der Waals surface area contributed by atoms with Crippen molar-refractivity contribution in [2.75, 3.05) is 12.8 Å². The molecule has 0 radical (unpaired) electrons. The van der Waals surface area contributed by atoms with E-state index in [1.165, 1.54) is 0 Å². The van der Waals surface area contributed by atoms with E-state index in [1.807, 2.05) is 0 Å². The first kappa shape index (κ1) is 13.5. The quantitative estimate of drug-likeness (QED) is 0.820. The molecule has 2 aromatic heterocycles. The smallest absolute Gasteiger partial charge is 0.420 e. The predicted octanol–water partition coefficient (Wildman–Crippen LogP) is 2.38. The summed E-state index contributed by atoms with van der Waals surface area (Å²) in [6, 6.07) is 0.722. The van der Waals surface area contributed by atoms with E-state index in [0.29, 0.717) is 0 Å². The number of methoxy groups -OCH3 is 1. The van der Waals surface area contributed by atoms with E-state index in [0.717, 1.165) is 23.8 Å². The summed E-state index contributed by atoms with van der Waals surface area (Å²) in [7, 11) is 1.07. The van der Waals surface area contributed by atoms with Crippen LogP contribution < -0.4 is 5.73 Å². The lowest BCUT2D eigenvalue weighted by Gasteiger charge is -2.09. The number of nitrogens with zero attached hydrogens (tertiary/aromatic N) is 2. The molecular weight excluding hydrogens is 287 g/mol. The Hall–Kier alpha value is -1.96. The Kier molecular flexibility index (Phi) is 3.05. The van der Waals surface area contributed by atoms with Gasteiger partial charge in [-0.15, -0.1) is 0 Å². The number of pyridine rings is 1. The molecule has 0 fully saturated rings. The number of imidazole rings is 1. The summed E-state index contributed by atoms with van der Waals surface area (Å²) < 4.78 is 43.8. The van der Waals surface area contributed by atoms with Crippen LogP contribution >= 0.6 is 11.6 Å². The summed E-state index contributed by atoms with van der Waals surface area (Å²) in [5.41, 5.74) is 3.24. The molecule has 0 spiro atoms. The molecule has 2 aromatic rings. The van der Waals surface area contributed by atoms with Gasteiger partial charge in [0.1, 0.15) is 10.7 Å². The summed E-state index contributed by atoms with van der Waals surface area (Å²) in [6.07, 6.45) is -3.52. The predicted molar refractivity (Wildman–Crippen MR) is 61.0 cm³/mol. The van der Waals surface area contributed by atoms with Gasteiger partial charge in [-0.05, 0) is 6.07 Å². The number of hydrogen-bond acceptors (Lipinski definition) is 4. The van der Waals surface area contributed by atoms with E-state index >= 15 is 0 Å². The molecule has 5 nitrogen and oxygen atoms in total. The Morgan fingerprint density at radius 2 is 2.16 bits per heavy atom. The number of carbonyl (C=O) groups excluding carboxylic acids is 1. The molecular formula is C10H7ClF3N3O2. The maximum Gasteiger partial charge on any atom is 0.420 e. The van der Waals surface area contributed by atoms with Crippen LogP contribution in [0.2, 0.25) is 5.15 Å². The molecule has 2 N–H and O–H groups in total. The van der Waals surface area contributed by atoms with E-state index in [1.54, 1.807) is 0 Å². The monoisotopic (exact) mass is 293 g/mol. The van der Waals surface area contributed by atoms with Gasteiger partial charge < -0.3 is 10.5 Å². The number of hydrogen-bond donors (Lipinski definition) is 1. The van der Waals surface area contributed by atoms with Crippen LogP contribution in [0.1, 0.15) is 16.1 Å². The highest BCUT2D eigenvalue weighted by Gasteiger charge is 2.35. The molecule has 0 atom stereocenters. The number of aromatic nitrogens is 2. The highest BCUT2D eigenvalue weighted by molar-refractivity contribution is 6.32. The minimum atomic E-state index is -4.67. The van der Waals surface area contributed by atoms with Crippen LogP contribution in [0.25, 0.3) is 5.65 Å². The van der Waals surface area contributed by atoms with Gasteiger partial charge in [-0.2, -0.15) is 13.2 Å². The van der Waals surface area contributed by atoms with Gasteiger partial charge in [0.2, 0.25) is 0 Å². The molecule has 102 valence electrons. The number of nitrogens with two attached hydrogens (primary N) is 1. The molecule has 0 aromatic carbocycles. The zero-order chi connectivity index (χ0) is 14.4. The van der Waals surface area contributed by atoms with Crippen molar-refractivity contribution in [3.05, 3.63) is 28.7 Å². The molecule has 0 aliphatic rings. The molecule has 0 saturated carbocycles. The summed E-state index contributed by atoms with van der Waals surface area (Å²) in [4.78, 5) is 14.9. The van der Waals surface area contributed by atoms with Gasteiger partial charge in [0.05, 0.1) is 7.11 Å². The largest absolute Gasteiger partial charge is 0.464 e. The number of nitrogen functional groups attached to an aromatic ring is 1. The van der Waals surface area contributed by atoms with Crippen molar-refractivity contribution in [1.29, 1.82) is 0 Å². The molecule has 0 bridgehead atoms. The van der Waals surface area contributed by atoms with E-state index in [-0.39, 0.29) is 10.8 Å². The lowest BCUT2D eigenvalue weighted by molar-refractivity contribution is -0.136. The average Bonchev–Trinajstić information content (AvgIpc) is 2.64. The minimum absolute atomic E-state index is 0.157. The molecule has 0 saturated heterocycles. The molecule has 2 rings (SSSR count). The summed E-state index contributed by atoms with van der Waals surface area (Å²) >= 11 is 5.80. The van der Waals surface area contributed by atoms with Crippen LogP contribution in [0.5, 0.6) is 0 Å². The zero-order valence-corrected chi connectivity index (χ0v) is 10.2. The number of fused-ring (bicyclic) bond motifs is 1. The third-order valence-corrected chi connectivity index (χ3v) is 2.73. The van der Waals surface area contributed by atoms with Gasteiger partial charge in [-0.1, -0.05) is 11.6 Å². The Labute approximate surface area is 109 Å². The van der Waals surface area contributed by atoms with Crippen LogP contribution in [0, 0.1) is 0 Å². The number of esters is 1. The van der Waals surface area contributed by atoms with E-state index in [9.17, 15) is 18.0 Å². The number of carbonyl (C=O) groups is 1. The van der Waals surface area contributed by atoms with Crippen molar-refractivity contribution in [2.24, 2.45) is 0 Å². The number of halogens is 4. The fourth-order valence-corrected chi connectivity index (χ4v) is 1.82. The van der Waals surface area contributed by atoms with Crippen molar-refractivity contribution in [2.45, 2.75) is 6.18 Å². The molecule has 19 heavy (non-hydrogen) atoms. The van der Waals surface area contributed by atoms with Gasteiger partial charge in [0, 0.05) is 11.9 Å². The fourth-order valence-electron chi connectivity index (χ4n) is 1.57. The molecule has 0 amide bonds. The summed E-state index contributed by atoms with van der Waals surface area (Å²) in [5, 5.41) is -0.292. The van der Waals surface area contributed by atoms with Crippen molar-refractivity contribution in [3.8, 4) is 0 Å². The summed E-state index contributed by atoms with van der Waals surface area (Å²) in [6.45, 7) is 0. The van der Waals surface area contributed by atoms with Crippen LogP contribution in [-0.4, -0.2) is 22.5 Å². The minimum Gasteiger partial charge on any atom is -0.464 e. The second kappa shape index (κ2) is 4.30. The van der Waals surface area contributed by atoms with Gasteiger partial charge in [-0.3, -0.25) is 4.40 Å². The molecule has 0 aliphatic carbocycles. The van der Waals surface area contributed by atoms with Crippen molar-refractivity contribution in [3.63, 3.8) is 0 Å². The van der Waals surface area contributed by atoms with Crippen molar-refractivity contribution >= 4 is 28.9 Å². The number of anilines is 1. The van der Waals surface area contributed by atoms with Gasteiger partial charge >= 0.3 is 12.1 Å². The Bertz CT molecular complexity index is 666. The lowest BCUT2D eigenvalue weighted by atomic mass is 10.2. The Balaban J connectivity index is 2.83. The molecule has 9 heteroatoms. The van der Waals surface area contributed by atoms with Crippen molar-refractivity contribution in [1.82, 2.24) is 9.38 Å². The molecule has 0 unspecified atom stereocenters. The third kappa shape index (κ3) is 2.19. The highest BCUT2D eigenvalue weighted by Crippen LogP contribution is 2.35. The summed E-state index contributed by atoms with van der Waals surface area (Å²) in [5.74, 6) is -0.930. The molecule has 0 aliphatic heterocycles. The fraction of sp³-hybridized carbons (Fsp3) is 0.200. The maximum absolute atomic E-state index is 12.9. The number of alkyl halides is 3. The number of ether oxygens (including phenoxy) is 1. The van der Waals surface area contributed by atoms with Crippen LogP contribution in [-0.2, 0) is 10.9 Å². The normalized spacial score (nSPS) is 11.8. The van der Waals surface area contributed by atoms with E-state index in [2.05, 4.69) is 9.72 Å². The standard InChI is InChI=1S/C10H7ClF3N3O2/c1-19-9(18)6-7(11)17-3-4(15)2-5(8(17)16-6)10(12,13)14/h2-3H,15H2,1H3. The van der Waals surface area contributed by atoms with Crippen LogP contribution in [0.4, 0.5) is 18.9 Å². The van der Waals surface area contributed by atoms with Crippen LogP contribution in [0.3, 0.4) is 0 Å². The second-order valence-corrected chi connectivity index (χ2v) is 3.98. The van der Waals surface area contributed by atoms with Gasteiger partial charge in [0.15, 0.2) is 11.3 Å². The van der Waals surface area contributed by atoms with Gasteiger partial charge in [-0.25, -0.2) is 9.78 Å². The van der Waals surface area contributed by atoms with Crippen molar-refractivity contribution < 1.29 is 22.7 Å².